The number of H-pyrrole nitrogens is 2. The minimum atomic E-state index is -0.260. The molecule has 9 heteroatoms. The number of rotatable bonds is 9. The van der Waals surface area contributed by atoms with Gasteiger partial charge < -0.3 is 19.6 Å². The van der Waals surface area contributed by atoms with E-state index in [1.165, 1.54) is 53.5 Å². The molecule has 242 valence electrons. The number of amides is 1. The van der Waals surface area contributed by atoms with Crippen molar-refractivity contribution in [3.8, 4) is 33.6 Å². The Bertz CT molecular complexity index is 1920. The van der Waals surface area contributed by atoms with E-state index >= 15 is 0 Å². The maximum atomic E-state index is 13.5. The summed E-state index contributed by atoms with van der Waals surface area (Å²) >= 11 is 0. The third-order valence-corrected chi connectivity index (χ3v) is 10.7. The molecule has 5 aromatic rings. The van der Waals surface area contributed by atoms with Crippen LogP contribution in [-0.2, 0) is 9.53 Å². The van der Waals surface area contributed by atoms with E-state index in [0.29, 0.717) is 25.0 Å². The molecular weight excluding hydrogens is 586 g/mol. The van der Waals surface area contributed by atoms with Crippen LogP contribution in [0.5, 0.6) is 0 Å². The summed E-state index contributed by atoms with van der Waals surface area (Å²) in [5, 5.41) is 3.23. The topological polar surface area (TPSA) is 112 Å². The number of benzene rings is 2. The largest absolute Gasteiger partial charge is 0.370 e. The number of nitrogens with one attached hydrogen (secondary N) is 3. The van der Waals surface area contributed by atoms with E-state index in [2.05, 4.69) is 62.7 Å². The Labute approximate surface area is 275 Å². The van der Waals surface area contributed by atoms with Crippen LogP contribution in [0.2, 0.25) is 0 Å². The SMILES string of the molecule is CCC(NCOC)C(=O)N1CCCC1c1nc2ccc(-c3ccc(-c4ccc(-c5cnc(C)[nH]5)cn4)c4c3C3CCC4CC3)cc2[nH]1. The number of ether oxygens (including phenoxy) is 1. The molecule has 9 rings (SSSR count). The Morgan fingerprint density at radius 1 is 0.957 bits per heavy atom. The van der Waals surface area contributed by atoms with Gasteiger partial charge in [0, 0.05) is 31.0 Å². The monoisotopic (exact) mass is 629 g/mol. The molecule has 0 radical (unpaired) electrons. The van der Waals surface area contributed by atoms with Crippen molar-refractivity contribution < 1.29 is 9.53 Å². The summed E-state index contributed by atoms with van der Waals surface area (Å²) in [6, 6.07) is 15.2. The van der Waals surface area contributed by atoms with Crippen molar-refractivity contribution in [2.75, 3.05) is 20.4 Å². The van der Waals surface area contributed by atoms with Crippen LogP contribution in [0.25, 0.3) is 44.7 Å². The first-order chi connectivity index (χ1) is 23.0. The van der Waals surface area contributed by atoms with Gasteiger partial charge in [-0.3, -0.25) is 15.1 Å². The Balaban J connectivity index is 1.12. The van der Waals surface area contributed by atoms with Crippen LogP contribution < -0.4 is 5.32 Å². The van der Waals surface area contributed by atoms with E-state index < -0.39 is 0 Å². The highest BCUT2D eigenvalue weighted by atomic mass is 16.5. The van der Waals surface area contributed by atoms with Gasteiger partial charge >= 0.3 is 0 Å². The summed E-state index contributed by atoms with van der Waals surface area (Å²) in [4.78, 5) is 36.8. The lowest BCUT2D eigenvalue weighted by Gasteiger charge is -2.41. The number of hydrogen-bond acceptors (Lipinski definition) is 6. The third kappa shape index (κ3) is 5.35. The van der Waals surface area contributed by atoms with Crippen LogP contribution in [0.4, 0.5) is 0 Å². The van der Waals surface area contributed by atoms with Crippen molar-refractivity contribution >= 4 is 16.9 Å². The van der Waals surface area contributed by atoms with Crippen molar-refractivity contribution in [1.82, 2.24) is 35.1 Å². The molecule has 1 amide bonds. The molecular formula is C38H43N7O2. The van der Waals surface area contributed by atoms with E-state index in [0.717, 1.165) is 59.0 Å². The smallest absolute Gasteiger partial charge is 0.240 e. The van der Waals surface area contributed by atoms with Crippen molar-refractivity contribution in [2.45, 2.75) is 82.7 Å². The second-order valence-electron chi connectivity index (χ2n) is 13.5. The average Bonchev–Trinajstić information content (AvgIpc) is 3.88. The molecule has 9 nitrogen and oxygen atoms in total. The summed E-state index contributed by atoms with van der Waals surface area (Å²) in [5.41, 5.74) is 11.9. The first-order valence-corrected chi connectivity index (χ1v) is 17.2. The standard InChI is InChI=1S/C38H43N7O2/c1-4-29(41-21-47-3)38(46)45-17-5-6-34(45)37-43-31-16-11-25(18-32(31)44-37)27-13-14-28(36-24-9-7-23(8-10-24)35(27)36)30-15-12-26(19-40-30)33-20-39-22(2)42-33/h11-16,18-20,23-24,29,34,41H,4-10,17,21H2,1-3H3,(H,39,42)(H,43,44). The molecule has 2 atom stereocenters. The van der Waals surface area contributed by atoms with E-state index in [9.17, 15) is 4.79 Å². The fraction of sp³-hybridized carbons (Fsp3) is 0.421. The van der Waals surface area contributed by atoms with Crippen molar-refractivity contribution in [2.24, 2.45) is 0 Å². The second-order valence-corrected chi connectivity index (χ2v) is 13.5. The number of hydrogen-bond donors (Lipinski definition) is 3. The highest BCUT2D eigenvalue weighted by molar-refractivity contribution is 5.86. The van der Waals surface area contributed by atoms with Gasteiger partial charge in [0.1, 0.15) is 11.6 Å². The predicted molar refractivity (Wildman–Crippen MR) is 184 cm³/mol. The number of aryl methyl sites for hydroxylation is 1. The minimum absolute atomic E-state index is 0.0456. The maximum Gasteiger partial charge on any atom is 0.240 e. The Morgan fingerprint density at radius 3 is 2.43 bits per heavy atom. The van der Waals surface area contributed by atoms with Gasteiger partial charge in [0.05, 0.1) is 47.4 Å². The van der Waals surface area contributed by atoms with Crippen molar-refractivity contribution in [3.05, 3.63) is 77.6 Å². The highest BCUT2D eigenvalue weighted by Gasteiger charge is 2.38. The van der Waals surface area contributed by atoms with E-state index in [4.69, 9.17) is 14.7 Å². The van der Waals surface area contributed by atoms with Gasteiger partial charge in [-0.2, -0.15) is 0 Å². The molecule has 3 aliphatic carbocycles. The first-order valence-electron chi connectivity index (χ1n) is 17.2. The van der Waals surface area contributed by atoms with Gasteiger partial charge in [0.2, 0.25) is 5.91 Å². The number of carbonyl (C=O) groups excluding carboxylic acids is 1. The van der Waals surface area contributed by atoms with E-state index in [1.807, 2.05) is 31.1 Å². The summed E-state index contributed by atoms with van der Waals surface area (Å²) < 4.78 is 5.18. The first kappa shape index (κ1) is 30.0. The molecule has 3 aromatic heterocycles. The molecule has 1 aliphatic heterocycles. The molecule has 4 heterocycles. The zero-order chi connectivity index (χ0) is 32.1. The van der Waals surface area contributed by atoms with Crippen LogP contribution in [0.15, 0.2) is 54.9 Å². The van der Waals surface area contributed by atoms with Crippen LogP contribution in [-0.4, -0.2) is 62.2 Å². The fourth-order valence-corrected chi connectivity index (χ4v) is 8.40. The minimum Gasteiger partial charge on any atom is -0.370 e. The number of fused-ring (bicyclic) bond motifs is 3. The van der Waals surface area contributed by atoms with Crippen molar-refractivity contribution in [1.29, 1.82) is 0 Å². The lowest BCUT2D eigenvalue weighted by Crippen LogP contribution is -2.46. The quantitative estimate of drug-likeness (QED) is 0.147. The Hall–Kier alpha value is -4.34. The number of carbonyl (C=O) groups is 1. The molecule has 2 bridgehead atoms. The molecule has 2 fully saturated rings. The highest BCUT2D eigenvalue weighted by Crippen LogP contribution is 2.55. The van der Waals surface area contributed by atoms with Gasteiger partial charge in [-0.05, 0) is 110 Å². The maximum absolute atomic E-state index is 13.5. The number of aromatic amines is 2. The molecule has 1 saturated carbocycles. The average molecular weight is 630 g/mol. The third-order valence-electron chi connectivity index (χ3n) is 10.7. The summed E-state index contributed by atoms with van der Waals surface area (Å²) in [7, 11) is 1.64. The Kier molecular flexibility index (Phi) is 7.89. The molecule has 4 aliphatic rings. The van der Waals surface area contributed by atoms with E-state index in [1.54, 1.807) is 7.11 Å². The number of methoxy groups -OCH3 is 1. The van der Waals surface area contributed by atoms with Gasteiger partial charge in [-0.15, -0.1) is 0 Å². The molecule has 0 spiro atoms. The normalized spacial score (nSPS) is 21.0. The summed E-state index contributed by atoms with van der Waals surface area (Å²) in [6.07, 6.45) is 11.4. The van der Waals surface area contributed by atoms with Crippen LogP contribution in [0, 0.1) is 6.92 Å². The second kappa shape index (κ2) is 12.4. The van der Waals surface area contributed by atoms with Crippen LogP contribution in [0.1, 0.15) is 92.5 Å². The summed E-state index contributed by atoms with van der Waals surface area (Å²) in [5.74, 6) is 3.04. The molecule has 2 unspecified atom stereocenters. The number of pyridine rings is 1. The van der Waals surface area contributed by atoms with Crippen LogP contribution in [0.3, 0.4) is 0 Å². The predicted octanol–water partition coefficient (Wildman–Crippen LogP) is 7.38. The van der Waals surface area contributed by atoms with E-state index in [-0.39, 0.29) is 18.0 Å². The summed E-state index contributed by atoms with van der Waals surface area (Å²) in [6.45, 7) is 5.11. The number of likely N-dealkylation sites (tertiary alicyclic amines) is 1. The Morgan fingerprint density at radius 2 is 1.72 bits per heavy atom. The molecule has 2 aromatic carbocycles. The zero-order valence-electron chi connectivity index (χ0n) is 27.5. The van der Waals surface area contributed by atoms with Crippen LogP contribution >= 0.6 is 0 Å². The lowest BCUT2D eigenvalue weighted by molar-refractivity contribution is -0.135. The van der Waals surface area contributed by atoms with Crippen molar-refractivity contribution in [3.63, 3.8) is 0 Å². The molecule has 1 saturated heterocycles. The zero-order valence-corrected chi connectivity index (χ0v) is 27.5. The molecule has 3 N–H and O–H groups in total. The molecule has 47 heavy (non-hydrogen) atoms. The van der Waals surface area contributed by atoms with Gasteiger partial charge in [-0.1, -0.05) is 25.1 Å². The number of imidazole rings is 2. The van der Waals surface area contributed by atoms with Gasteiger partial charge in [-0.25, -0.2) is 9.97 Å². The fourth-order valence-electron chi connectivity index (χ4n) is 8.40. The van der Waals surface area contributed by atoms with Gasteiger partial charge in [0.15, 0.2) is 0 Å². The number of nitrogens with zero attached hydrogens (tertiary/aromatic N) is 4. The lowest BCUT2D eigenvalue weighted by atomic mass is 9.64. The number of aromatic nitrogens is 5. The van der Waals surface area contributed by atoms with Gasteiger partial charge in [0.25, 0.3) is 0 Å².